The Kier molecular flexibility index (Phi) is 6.50. The quantitative estimate of drug-likeness (QED) is 0.704. The Bertz CT molecular complexity index is 729. The summed E-state index contributed by atoms with van der Waals surface area (Å²) in [6.45, 7) is 1.73. The van der Waals surface area contributed by atoms with Crippen molar-refractivity contribution in [2.24, 2.45) is 5.92 Å². The van der Waals surface area contributed by atoms with E-state index < -0.39 is 11.9 Å². The van der Waals surface area contributed by atoms with Crippen molar-refractivity contribution in [3.05, 3.63) is 41.5 Å². The molecule has 0 saturated heterocycles. The third kappa shape index (κ3) is 5.59. The second-order valence-corrected chi connectivity index (χ2v) is 5.59. The average Bonchev–Trinajstić information content (AvgIpc) is 3.02. The number of aromatic nitrogens is 2. The van der Waals surface area contributed by atoms with Crippen LogP contribution in [0.1, 0.15) is 23.7 Å². The minimum absolute atomic E-state index is 0.0368. The molecular formula is C17H21N3O5. The summed E-state index contributed by atoms with van der Waals surface area (Å²) in [7, 11) is 1.54. The van der Waals surface area contributed by atoms with Crippen LogP contribution in [-0.2, 0) is 22.4 Å². The number of amides is 1. The highest BCUT2D eigenvalue weighted by atomic mass is 16.5. The van der Waals surface area contributed by atoms with Gasteiger partial charge in [-0.25, -0.2) is 0 Å². The van der Waals surface area contributed by atoms with Crippen LogP contribution in [0, 0.1) is 12.8 Å². The third-order valence-corrected chi connectivity index (χ3v) is 3.69. The highest BCUT2D eigenvalue weighted by Gasteiger charge is 2.20. The molecule has 0 aliphatic rings. The molecule has 1 unspecified atom stereocenters. The number of rotatable bonds is 9. The predicted octanol–water partition coefficient (Wildman–Crippen LogP) is 1.38. The van der Waals surface area contributed by atoms with Crippen LogP contribution in [0.25, 0.3) is 0 Å². The summed E-state index contributed by atoms with van der Waals surface area (Å²) in [4.78, 5) is 27.4. The van der Waals surface area contributed by atoms with Gasteiger partial charge < -0.3 is 19.7 Å². The summed E-state index contributed by atoms with van der Waals surface area (Å²) in [6, 6.07) is 7.23. The van der Waals surface area contributed by atoms with Gasteiger partial charge in [0.2, 0.25) is 11.8 Å². The molecule has 1 heterocycles. The van der Waals surface area contributed by atoms with Crippen LogP contribution in [0.15, 0.2) is 28.8 Å². The topological polar surface area (TPSA) is 115 Å². The van der Waals surface area contributed by atoms with E-state index in [1.54, 1.807) is 13.0 Å². The normalized spacial score (nSPS) is 11.8. The van der Waals surface area contributed by atoms with Gasteiger partial charge >= 0.3 is 5.97 Å². The molecule has 8 heteroatoms. The largest absolute Gasteiger partial charge is 0.496 e. The lowest BCUT2D eigenvalue weighted by atomic mass is 9.98. The average molecular weight is 347 g/mol. The van der Waals surface area contributed by atoms with E-state index in [0.717, 1.165) is 5.56 Å². The van der Waals surface area contributed by atoms with Gasteiger partial charge in [-0.3, -0.25) is 9.59 Å². The number of ether oxygens (including phenoxy) is 1. The Hall–Kier alpha value is -2.90. The lowest BCUT2D eigenvalue weighted by molar-refractivity contribution is -0.141. The number of nitrogens with one attached hydrogen (secondary N) is 1. The van der Waals surface area contributed by atoms with Crippen molar-refractivity contribution < 1.29 is 24.0 Å². The molecule has 134 valence electrons. The summed E-state index contributed by atoms with van der Waals surface area (Å²) in [6.07, 6.45) is 0.738. The lowest BCUT2D eigenvalue weighted by Crippen LogP contribution is -2.34. The van der Waals surface area contributed by atoms with Gasteiger partial charge in [-0.1, -0.05) is 23.4 Å². The highest BCUT2D eigenvalue weighted by molar-refractivity contribution is 5.77. The van der Waals surface area contributed by atoms with E-state index in [4.69, 9.17) is 9.26 Å². The summed E-state index contributed by atoms with van der Waals surface area (Å²) < 4.78 is 10.2. The SMILES string of the molecule is COc1ccccc1CC(CNC(=O)CCc1nc(C)no1)C(=O)O. The zero-order valence-electron chi connectivity index (χ0n) is 14.2. The van der Waals surface area contributed by atoms with Crippen molar-refractivity contribution in [3.63, 3.8) is 0 Å². The lowest BCUT2D eigenvalue weighted by Gasteiger charge is -2.15. The van der Waals surface area contributed by atoms with Gasteiger partial charge in [0.05, 0.1) is 13.0 Å². The monoisotopic (exact) mass is 347 g/mol. The molecule has 1 amide bonds. The van der Waals surface area contributed by atoms with E-state index in [-0.39, 0.29) is 25.3 Å². The van der Waals surface area contributed by atoms with Crippen LogP contribution >= 0.6 is 0 Å². The van der Waals surface area contributed by atoms with Gasteiger partial charge in [0.25, 0.3) is 0 Å². The molecule has 0 radical (unpaired) electrons. The number of nitrogens with zero attached hydrogens (tertiary/aromatic N) is 2. The Morgan fingerprint density at radius 3 is 2.76 bits per heavy atom. The zero-order valence-corrected chi connectivity index (χ0v) is 14.2. The van der Waals surface area contributed by atoms with Gasteiger partial charge in [-0.2, -0.15) is 4.98 Å². The molecule has 8 nitrogen and oxygen atoms in total. The maximum atomic E-state index is 11.9. The summed E-state index contributed by atoms with van der Waals surface area (Å²) in [5.74, 6) is -0.451. The number of carbonyl (C=O) groups is 2. The van der Waals surface area contributed by atoms with E-state index in [0.29, 0.717) is 23.9 Å². The van der Waals surface area contributed by atoms with Gasteiger partial charge in [0.1, 0.15) is 5.75 Å². The van der Waals surface area contributed by atoms with Crippen LogP contribution in [0.4, 0.5) is 0 Å². The predicted molar refractivity (Wildman–Crippen MR) is 88.2 cm³/mol. The first kappa shape index (κ1) is 18.4. The van der Waals surface area contributed by atoms with Crippen LogP contribution in [0.5, 0.6) is 5.75 Å². The molecule has 0 spiro atoms. The fraction of sp³-hybridized carbons (Fsp3) is 0.412. The van der Waals surface area contributed by atoms with Crippen molar-refractivity contribution in [2.75, 3.05) is 13.7 Å². The molecule has 1 aromatic heterocycles. The van der Waals surface area contributed by atoms with Gasteiger partial charge in [-0.05, 0) is 25.0 Å². The van der Waals surface area contributed by atoms with Crippen LogP contribution in [0.3, 0.4) is 0 Å². The Labute approximate surface area is 145 Å². The van der Waals surface area contributed by atoms with Crippen molar-refractivity contribution in [3.8, 4) is 5.75 Å². The summed E-state index contributed by atoms with van der Waals surface area (Å²) >= 11 is 0. The molecule has 2 N–H and O–H groups in total. The molecule has 0 aliphatic heterocycles. The maximum Gasteiger partial charge on any atom is 0.308 e. The molecule has 2 rings (SSSR count). The molecule has 2 aromatic rings. The second kappa shape index (κ2) is 8.81. The third-order valence-electron chi connectivity index (χ3n) is 3.69. The van der Waals surface area contributed by atoms with E-state index in [1.807, 2.05) is 18.2 Å². The van der Waals surface area contributed by atoms with Crippen LogP contribution in [-0.4, -0.2) is 40.8 Å². The molecule has 25 heavy (non-hydrogen) atoms. The molecule has 0 saturated carbocycles. The molecule has 1 aromatic carbocycles. The Balaban J connectivity index is 1.86. The number of carboxylic acid groups (broad SMARTS) is 1. The smallest absolute Gasteiger partial charge is 0.308 e. The molecule has 0 aliphatic carbocycles. The summed E-state index contributed by atoms with van der Waals surface area (Å²) in [5, 5.41) is 15.7. The summed E-state index contributed by atoms with van der Waals surface area (Å²) in [5.41, 5.74) is 0.785. The van der Waals surface area contributed by atoms with Crippen LogP contribution in [0.2, 0.25) is 0 Å². The van der Waals surface area contributed by atoms with Crippen molar-refractivity contribution in [2.45, 2.75) is 26.2 Å². The van der Waals surface area contributed by atoms with E-state index in [9.17, 15) is 14.7 Å². The van der Waals surface area contributed by atoms with E-state index >= 15 is 0 Å². The fourth-order valence-corrected chi connectivity index (χ4v) is 2.37. The number of hydrogen-bond acceptors (Lipinski definition) is 6. The van der Waals surface area contributed by atoms with E-state index in [1.165, 1.54) is 7.11 Å². The minimum atomic E-state index is -0.973. The van der Waals surface area contributed by atoms with Crippen molar-refractivity contribution in [1.29, 1.82) is 0 Å². The highest BCUT2D eigenvalue weighted by Crippen LogP contribution is 2.21. The first-order valence-electron chi connectivity index (χ1n) is 7.90. The second-order valence-electron chi connectivity index (χ2n) is 5.59. The standard InChI is InChI=1S/C17H21N3O5/c1-11-19-16(25-20-11)8-7-15(21)18-10-13(17(22)23)9-12-5-3-4-6-14(12)24-2/h3-6,13H,7-10H2,1-2H3,(H,18,21)(H,22,23). The van der Waals surface area contributed by atoms with Gasteiger partial charge in [-0.15, -0.1) is 0 Å². The van der Waals surface area contributed by atoms with Crippen molar-refractivity contribution >= 4 is 11.9 Å². The van der Waals surface area contributed by atoms with Gasteiger partial charge in [0.15, 0.2) is 5.82 Å². The van der Waals surface area contributed by atoms with E-state index in [2.05, 4.69) is 15.5 Å². The molecular weight excluding hydrogens is 326 g/mol. The number of methoxy groups -OCH3 is 1. The molecule has 1 atom stereocenters. The fourth-order valence-electron chi connectivity index (χ4n) is 2.37. The van der Waals surface area contributed by atoms with Crippen molar-refractivity contribution in [1.82, 2.24) is 15.5 Å². The van der Waals surface area contributed by atoms with Gasteiger partial charge in [0, 0.05) is 19.4 Å². The number of aliphatic carboxylic acids is 1. The maximum absolute atomic E-state index is 11.9. The number of carbonyl (C=O) groups excluding carboxylic acids is 1. The Morgan fingerprint density at radius 2 is 2.12 bits per heavy atom. The first-order chi connectivity index (χ1) is 12.0. The van der Waals surface area contributed by atoms with Crippen LogP contribution < -0.4 is 10.1 Å². The number of carboxylic acids is 1. The molecule has 0 bridgehead atoms. The number of benzene rings is 1. The number of para-hydroxylation sites is 1. The number of aryl methyl sites for hydroxylation is 2. The zero-order chi connectivity index (χ0) is 18.2. The minimum Gasteiger partial charge on any atom is -0.496 e. The number of hydrogen-bond donors (Lipinski definition) is 2. The molecule has 0 fully saturated rings. The Morgan fingerprint density at radius 1 is 1.36 bits per heavy atom. The first-order valence-corrected chi connectivity index (χ1v) is 7.90.